The van der Waals surface area contributed by atoms with Crippen LogP contribution in [0.3, 0.4) is 0 Å². The van der Waals surface area contributed by atoms with Crippen LogP contribution >= 0.6 is 0 Å². The molecule has 0 aliphatic carbocycles. The van der Waals surface area contributed by atoms with Crippen molar-refractivity contribution in [1.82, 2.24) is 19.9 Å². The highest BCUT2D eigenvalue weighted by Gasteiger charge is 2.47. The van der Waals surface area contributed by atoms with E-state index in [1.807, 2.05) is 17.1 Å². The molecule has 6 heterocycles. The highest BCUT2D eigenvalue weighted by Crippen LogP contribution is 2.44. The van der Waals surface area contributed by atoms with E-state index in [0.717, 1.165) is 25.7 Å². The van der Waals surface area contributed by atoms with Crippen molar-refractivity contribution in [3.63, 3.8) is 0 Å². The second-order valence-electron chi connectivity index (χ2n) is 12.3. The molecule has 8 nitrogen and oxygen atoms in total. The number of fused-ring (bicyclic) bond motifs is 4. The summed E-state index contributed by atoms with van der Waals surface area (Å²) >= 11 is 0. The number of phenolic OH excluding ortho intramolecular Hbond substituents is 1. The summed E-state index contributed by atoms with van der Waals surface area (Å²) in [4.78, 5) is 18.1. The van der Waals surface area contributed by atoms with E-state index in [2.05, 4.69) is 20.8 Å². The van der Waals surface area contributed by atoms with Crippen molar-refractivity contribution in [3.05, 3.63) is 53.6 Å². The standard InChI is InChI=1S/C34H30F3N5O3/c1-2-23-25(36)9-8-19-13-22(43)14-24(26(19)23)29-28(37)30-27-31(42-12-5-3-4-7-21(42)17-44-32(27)38-29)40-33(39-30)45-18-34-10-6-11-41(34)16-20(35)15-34/h1,6,8-10,13-14,20-21,43H,3-5,7,11-12,15-18H2/t20-,21+,34+/m1/s1. The van der Waals surface area contributed by atoms with Gasteiger partial charge in [0.15, 0.2) is 5.82 Å². The molecule has 0 bridgehead atoms. The minimum absolute atomic E-state index is 0.0307. The zero-order valence-electron chi connectivity index (χ0n) is 24.4. The van der Waals surface area contributed by atoms with Crippen LogP contribution in [0.15, 0.2) is 36.4 Å². The molecule has 11 heteroatoms. The van der Waals surface area contributed by atoms with Gasteiger partial charge in [-0.1, -0.05) is 37.0 Å². The Morgan fingerprint density at radius 2 is 2.02 bits per heavy atom. The molecule has 0 spiro atoms. The Kier molecular flexibility index (Phi) is 6.53. The number of terminal acetylenes is 1. The quantitative estimate of drug-likeness (QED) is 0.233. The largest absolute Gasteiger partial charge is 0.508 e. The van der Waals surface area contributed by atoms with Crippen molar-refractivity contribution < 1.29 is 27.8 Å². The molecule has 4 aliphatic rings. The average molecular weight is 614 g/mol. The number of benzene rings is 2. The number of nitrogens with zero attached hydrogens (tertiary/aromatic N) is 5. The first kappa shape index (κ1) is 28.0. The summed E-state index contributed by atoms with van der Waals surface area (Å²) in [5.74, 6) is 1.33. The van der Waals surface area contributed by atoms with Crippen LogP contribution in [0.2, 0.25) is 0 Å². The van der Waals surface area contributed by atoms with Gasteiger partial charge in [-0.3, -0.25) is 4.90 Å². The lowest BCUT2D eigenvalue weighted by molar-refractivity contribution is 0.132. The third-order valence-electron chi connectivity index (χ3n) is 9.55. The number of hydrogen-bond donors (Lipinski definition) is 1. The maximum Gasteiger partial charge on any atom is 0.319 e. The minimum atomic E-state index is -0.973. The van der Waals surface area contributed by atoms with Crippen LogP contribution in [0.1, 0.15) is 37.7 Å². The van der Waals surface area contributed by atoms with E-state index in [1.54, 1.807) is 0 Å². The fraction of sp³-hybridized carbons (Fsp3) is 0.382. The van der Waals surface area contributed by atoms with E-state index in [-0.39, 0.29) is 64.4 Å². The van der Waals surface area contributed by atoms with Gasteiger partial charge >= 0.3 is 6.01 Å². The number of halogens is 3. The maximum absolute atomic E-state index is 16.9. The third kappa shape index (κ3) is 4.45. The first-order valence-electron chi connectivity index (χ1n) is 15.3. The van der Waals surface area contributed by atoms with E-state index < -0.39 is 23.3 Å². The lowest BCUT2D eigenvalue weighted by atomic mass is 9.95. The van der Waals surface area contributed by atoms with E-state index in [0.29, 0.717) is 42.8 Å². The van der Waals surface area contributed by atoms with Crippen LogP contribution in [0.4, 0.5) is 19.0 Å². The van der Waals surface area contributed by atoms with Gasteiger partial charge in [0.1, 0.15) is 53.4 Å². The summed E-state index contributed by atoms with van der Waals surface area (Å²) in [6, 6.07) is 5.34. The molecule has 2 saturated heterocycles. The van der Waals surface area contributed by atoms with Crippen molar-refractivity contribution >= 4 is 27.5 Å². The fourth-order valence-electron chi connectivity index (χ4n) is 7.43. The van der Waals surface area contributed by atoms with Crippen molar-refractivity contribution in [2.75, 3.05) is 37.7 Å². The molecule has 2 fully saturated rings. The minimum Gasteiger partial charge on any atom is -0.508 e. The van der Waals surface area contributed by atoms with Gasteiger partial charge in [0.05, 0.1) is 17.1 Å². The summed E-state index contributed by atoms with van der Waals surface area (Å²) < 4.78 is 58.7. The lowest BCUT2D eigenvalue weighted by Crippen LogP contribution is -2.43. The molecule has 2 aromatic heterocycles. The van der Waals surface area contributed by atoms with Gasteiger partial charge in [-0.05, 0) is 36.4 Å². The summed E-state index contributed by atoms with van der Waals surface area (Å²) in [6.45, 7) is 2.03. The molecule has 1 N–H and O–H groups in total. The Labute approximate surface area is 257 Å². The molecule has 230 valence electrons. The zero-order chi connectivity index (χ0) is 30.9. The molecule has 2 aromatic carbocycles. The highest BCUT2D eigenvalue weighted by molar-refractivity contribution is 6.04. The van der Waals surface area contributed by atoms with Gasteiger partial charge in [-0.25, -0.2) is 18.2 Å². The second kappa shape index (κ2) is 10.5. The number of rotatable bonds is 4. The zero-order valence-corrected chi connectivity index (χ0v) is 24.4. The third-order valence-corrected chi connectivity index (χ3v) is 9.55. The Hall–Kier alpha value is -4.56. The Morgan fingerprint density at radius 3 is 2.89 bits per heavy atom. The predicted molar refractivity (Wildman–Crippen MR) is 163 cm³/mol. The van der Waals surface area contributed by atoms with Crippen LogP contribution in [0, 0.1) is 24.0 Å². The van der Waals surface area contributed by atoms with Crippen molar-refractivity contribution in [1.29, 1.82) is 0 Å². The molecule has 0 radical (unpaired) electrons. The number of hydrogen-bond acceptors (Lipinski definition) is 8. The van der Waals surface area contributed by atoms with E-state index in [9.17, 15) is 13.9 Å². The summed E-state index contributed by atoms with van der Waals surface area (Å²) in [5.41, 5.74) is -0.881. The molecule has 0 amide bonds. The Bertz CT molecular complexity index is 1950. The predicted octanol–water partition coefficient (Wildman–Crippen LogP) is 5.68. The number of anilines is 1. The summed E-state index contributed by atoms with van der Waals surface area (Å²) in [6.07, 6.45) is 12.8. The Morgan fingerprint density at radius 1 is 1.13 bits per heavy atom. The first-order chi connectivity index (χ1) is 21.8. The van der Waals surface area contributed by atoms with Crippen molar-refractivity contribution in [2.45, 2.75) is 49.9 Å². The van der Waals surface area contributed by atoms with Crippen LogP contribution < -0.4 is 14.4 Å². The van der Waals surface area contributed by atoms with Crippen molar-refractivity contribution in [3.8, 4) is 41.2 Å². The molecule has 4 aromatic rings. The topological polar surface area (TPSA) is 83.8 Å². The SMILES string of the molecule is C#Cc1c(F)ccc2cc(O)cc(-c3nc4c5c(nc(OC[C@@]67C=CCN6C[C@H](F)C7)nc5c3F)N3CCCCC[C@H]3CO4)c12. The number of alkyl halides is 1. The smallest absolute Gasteiger partial charge is 0.319 e. The summed E-state index contributed by atoms with van der Waals surface area (Å²) in [5, 5.41) is 11.6. The highest BCUT2D eigenvalue weighted by atomic mass is 19.1. The molecular weight excluding hydrogens is 583 g/mol. The van der Waals surface area contributed by atoms with Gasteiger partial charge in [-0.2, -0.15) is 9.97 Å². The van der Waals surface area contributed by atoms with Gasteiger partial charge in [0.25, 0.3) is 0 Å². The van der Waals surface area contributed by atoms with Crippen LogP contribution in [0.5, 0.6) is 17.6 Å². The van der Waals surface area contributed by atoms with Gasteiger partial charge < -0.3 is 19.5 Å². The van der Waals surface area contributed by atoms with Gasteiger partial charge in [0.2, 0.25) is 5.88 Å². The lowest BCUT2D eigenvalue weighted by Gasteiger charge is -2.31. The van der Waals surface area contributed by atoms with Crippen LogP contribution in [-0.2, 0) is 0 Å². The molecular formula is C34H30F3N5O3. The number of aromatic nitrogens is 3. The number of phenols is 1. The molecule has 0 saturated carbocycles. The number of aromatic hydroxyl groups is 1. The van der Waals surface area contributed by atoms with Crippen molar-refractivity contribution in [2.24, 2.45) is 0 Å². The van der Waals surface area contributed by atoms with Gasteiger partial charge in [0, 0.05) is 37.0 Å². The molecule has 4 aliphatic heterocycles. The number of ether oxygens (including phenoxy) is 2. The van der Waals surface area contributed by atoms with E-state index in [4.69, 9.17) is 20.9 Å². The normalized spacial score (nSPS) is 24.2. The van der Waals surface area contributed by atoms with Gasteiger partial charge in [-0.15, -0.1) is 6.42 Å². The summed E-state index contributed by atoms with van der Waals surface area (Å²) in [7, 11) is 0. The van der Waals surface area contributed by atoms with E-state index in [1.165, 1.54) is 24.3 Å². The maximum atomic E-state index is 16.9. The first-order valence-corrected chi connectivity index (χ1v) is 15.3. The monoisotopic (exact) mass is 613 g/mol. The van der Waals surface area contributed by atoms with Crippen LogP contribution in [0.25, 0.3) is 32.9 Å². The van der Waals surface area contributed by atoms with E-state index >= 15 is 4.39 Å². The molecule has 0 unspecified atom stereocenters. The fourth-order valence-corrected chi connectivity index (χ4v) is 7.43. The van der Waals surface area contributed by atoms with Crippen LogP contribution in [-0.4, -0.2) is 75.6 Å². The number of pyridine rings is 1. The molecule has 3 atom stereocenters. The Balaban J connectivity index is 1.34. The molecule has 8 rings (SSSR count). The molecule has 45 heavy (non-hydrogen) atoms. The second-order valence-corrected chi connectivity index (χ2v) is 12.3. The average Bonchev–Trinajstić information content (AvgIpc) is 3.38.